The van der Waals surface area contributed by atoms with Crippen molar-refractivity contribution in [2.45, 2.75) is 6.61 Å². The number of ether oxygens (including phenoxy) is 1. The Labute approximate surface area is 120 Å². The lowest BCUT2D eigenvalue weighted by atomic mass is 10.2. The Morgan fingerprint density at radius 2 is 1.67 bits per heavy atom. The summed E-state index contributed by atoms with van der Waals surface area (Å²) >= 11 is 17.9. The molecule has 5 heteroatoms. The number of rotatable bonds is 3. The molecule has 0 aliphatic heterocycles. The first-order chi connectivity index (χ1) is 8.60. The fraction of sp³-hybridized carbons (Fsp3) is 0.0769. The van der Waals surface area contributed by atoms with Gasteiger partial charge in [0.1, 0.15) is 11.5 Å². The molecule has 2 nitrogen and oxygen atoms in total. The van der Waals surface area contributed by atoms with Crippen LogP contribution in [0.4, 0.5) is 0 Å². The van der Waals surface area contributed by atoms with Crippen molar-refractivity contribution in [2.24, 2.45) is 0 Å². The monoisotopic (exact) mass is 302 g/mol. The second kappa shape index (κ2) is 5.81. The minimum absolute atomic E-state index is 0.0715. The fourth-order valence-corrected chi connectivity index (χ4v) is 1.96. The number of benzene rings is 2. The van der Waals surface area contributed by atoms with Crippen LogP contribution in [0.15, 0.2) is 36.4 Å². The molecule has 18 heavy (non-hydrogen) atoms. The molecule has 0 saturated heterocycles. The van der Waals surface area contributed by atoms with Gasteiger partial charge in [-0.25, -0.2) is 0 Å². The maximum Gasteiger partial charge on any atom is 0.147 e. The van der Waals surface area contributed by atoms with Gasteiger partial charge in [-0.2, -0.15) is 0 Å². The molecule has 0 atom stereocenters. The summed E-state index contributed by atoms with van der Waals surface area (Å²) in [6.45, 7) is -0.0715. The first kappa shape index (κ1) is 13.5. The first-order valence-corrected chi connectivity index (χ1v) is 6.25. The third kappa shape index (κ3) is 3.09. The van der Waals surface area contributed by atoms with Gasteiger partial charge < -0.3 is 9.84 Å². The summed E-state index contributed by atoms with van der Waals surface area (Å²) in [5.41, 5.74) is 0.713. The van der Waals surface area contributed by atoms with E-state index in [9.17, 15) is 0 Å². The molecule has 0 aromatic heterocycles. The Morgan fingerprint density at radius 1 is 0.889 bits per heavy atom. The minimum atomic E-state index is -0.0715. The van der Waals surface area contributed by atoms with Gasteiger partial charge >= 0.3 is 0 Å². The van der Waals surface area contributed by atoms with Crippen molar-refractivity contribution >= 4 is 34.8 Å². The molecular formula is C13H9Cl3O2. The number of aliphatic hydroxyl groups excluding tert-OH is 1. The predicted octanol–water partition coefficient (Wildman–Crippen LogP) is 4.93. The van der Waals surface area contributed by atoms with Crippen LogP contribution in [0.2, 0.25) is 15.1 Å². The summed E-state index contributed by atoms with van der Waals surface area (Å²) in [7, 11) is 0. The normalized spacial score (nSPS) is 10.4. The van der Waals surface area contributed by atoms with Gasteiger partial charge in [-0.05, 0) is 29.8 Å². The largest absolute Gasteiger partial charge is 0.454 e. The molecule has 0 bridgehead atoms. The maximum atomic E-state index is 8.99. The van der Waals surface area contributed by atoms with Crippen LogP contribution >= 0.6 is 34.8 Å². The zero-order valence-corrected chi connectivity index (χ0v) is 11.4. The lowest BCUT2D eigenvalue weighted by Gasteiger charge is -2.10. The van der Waals surface area contributed by atoms with Crippen molar-refractivity contribution in [2.75, 3.05) is 0 Å². The minimum Gasteiger partial charge on any atom is -0.454 e. The molecule has 0 fully saturated rings. The van der Waals surface area contributed by atoms with E-state index in [1.54, 1.807) is 36.4 Å². The lowest BCUT2D eigenvalue weighted by Crippen LogP contribution is -1.89. The molecule has 0 spiro atoms. The van der Waals surface area contributed by atoms with Crippen LogP contribution < -0.4 is 4.74 Å². The van der Waals surface area contributed by atoms with Crippen molar-refractivity contribution in [1.82, 2.24) is 0 Å². The average Bonchev–Trinajstić information content (AvgIpc) is 2.36. The van der Waals surface area contributed by atoms with Crippen LogP contribution in [0.25, 0.3) is 0 Å². The van der Waals surface area contributed by atoms with E-state index in [1.165, 1.54) is 0 Å². The standard InChI is InChI=1S/C13H9Cl3O2/c14-9-2-3-10(15)13(6-9)18-12-4-1-8(7-17)5-11(12)16/h1-6,17H,7H2. The van der Waals surface area contributed by atoms with Crippen LogP contribution in [0.3, 0.4) is 0 Å². The molecule has 0 amide bonds. The van der Waals surface area contributed by atoms with Crippen molar-refractivity contribution < 1.29 is 9.84 Å². The number of halogens is 3. The Morgan fingerprint density at radius 3 is 2.33 bits per heavy atom. The van der Waals surface area contributed by atoms with E-state index >= 15 is 0 Å². The van der Waals surface area contributed by atoms with Gasteiger partial charge in [0, 0.05) is 11.1 Å². The molecule has 0 saturated carbocycles. The highest BCUT2D eigenvalue weighted by atomic mass is 35.5. The van der Waals surface area contributed by atoms with E-state index in [-0.39, 0.29) is 6.61 Å². The van der Waals surface area contributed by atoms with Crippen LogP contribution in [-0.4, -0.2) is 5.11 Å². The Balaban J connectivity index is 2.31. The van der Waals surface area contributed by atoms with Gasteiger partial charge in [0.15, 0.2) is 0 Å². The molecule has 2 aromatic carbocycles. The van der Waals surface area contributed by atoms with Crippen LogP contribution in [0.1, 0.15) is 5.56 Å². The van der Waals surface area contributed by atoms with E-state index in [1.807, 2.05) is 0 Å². The summed E-state index contributed by atoms with van der Waals surface area (Å²) in [5.74, 6) is 0.890. The highest BCUT2D eigenvalue weighted by Crippen LogP contribution is 2.35. The SMILES string of the molecule is OCc1ccc(Oc2cc(Cl)ccc2Cl)c(Cl)c1. The van der Waals surface area contributed by atoms with Crippen LogP contribution in [0.5, 0.6) is 11.5 Å². The van der Waals surface area contributed by atoms with Crippen LogP contribution in [-0.2, 0) is 6.61 Å². The topological polar surface area (TPSA) is 29.5 Å². The smallest absolute Gasteiger partial charge is 0.147 e. The van der Waals surface area contributed by atoms with Gasteiger partial charge in [-0.15, -0.1) is 0 Å². The molecule has 0 heterocycles. The Hall–Kier alpha value is -0.930. The Kier molecular flexibility index (Phi) is 4.36. The average molecular weight is 304 g/mol. The number of hydrogen-bond acceptors (Lipinski definition) is 2. The number of aliphatic hydroxyl groups is 1. The van der Waals surface area contributed by atoms with E-state index in [0.717, 1.165) is 0 Å². The zero-order chi connectivity index (χ0) is 13.1. The molecule has 2 rings (SSSR count). The quantitative estimate of drug-likeness (QED) is 0.871. The highest BCUT2D eigenvalue weighted by Gasteiger charge is 2.08. The second-order valence-corrected chi connectivity index (χ2v) is 4.85. The number of hydrogen-bond donors (Lipinski definition) is 1. The zero-order valence-electron chi connectivity index (χ0n) is 9.16. The molecular weight excluding hydrogens is 294 g/mol. The fourth-order valence-electron chi connectivity index (χ4n) is 1.40. The van der Waals surface area contributed by atoms with E-state index < -0.39 is 0 Å². The van der Waals surface area contributed by atoms with Crippen molar-refractivity contribution in [1.29, 1.82) is 0 Å². The molecule has 0 radical (unpaired) electrons. The Bertz CT molecular complexity index is 570. The molecule has 0 aliphatic carbocycles. The van der Waals surface area contributed by atoms with Gasteiger partial charge in [0.25, 0.3) is 0 Å². The second-order valence-electron chi connectivity index (χ2n) is 3.60. The van der Waals surface area contributed by atoms with E-state index in [2.05, 4.69) is 0 Å². The third-order valence-electron chi connectivity index (χ3n) is 2.29. The van der Waals surface area contributed by atoms with Crippen LogP contribution in [0, 0.1) is 0 Å². The molecule has 2 aromatic rings. The van der Waals surface area contributed by atoms with Gasteiger partial charge in [0.05, 0.1) is 16.7 Å². The lowest BCUT2D eigenvalue weighted by molar-refractivity contribution is 0.281. The summed E-state index contributed by atoms with van der Waals surface area (Å²) in [5, 5.41) is 10.4. The van der Waals surface area contributed by atoms with Crippen molar-refractivity contribution in [3.8, 4) is 11.5 Å². The van der Waals surface area contributed by atoms with E-state index in [4.69, 9.17) is 44.6 Å². The summed E-state index contributed by atoms with van der Waals surface area (Å²) in [6, 6.07) is 9.96. The highest BCUT2D eigenvalue weighted by molar-refractivity contribution is 6.34. The summed E-state index contributed by atoms with van der Waals surface area (Å²) in [6.07, 6.45) is 0. The molecule has 0 unspecified atom stereocenters. The van der Waals surface area contributed by atoms with Gasteiger partial charge in [-0.3, -0.25) is 0 Å². The maximum absolute atomic E-state index is 8.99. The molecule has 94 valence electrons. The molecule has 1 N–H and O–H groups in total. The molecule has 0 aliphatic rings. The van der Waals surface area contributed by atoms with Gasteiger partial charge in [0.2, 0.25) is 0 Å². The first-order valence-electron chi connectivity index (χ1n) is 5.12. The summed E-state index contributed by atoms with van der Waals surface area (Å²) in [4.78, 5) is 0. The third-order valence-corrected chi connectivity index (χ3v) is 3.13. The summed E-state index contributed by atoms with van der Waals surface area (Å²) < 4.78 is 5.59. The van der Waals surface area contributed by atoms with Gasteiger partial charge in [-0.1, -0.05) is 40.9 Å². The van der Waals surface area contributed by atoms with Crippen molar-refractivity contribution in [3.05, 3.63) is 57.0 Å². The van der Waals surface area contributed by atoms with E-state index in [0.29, 0.717) is 32.1 Å². The predicted molar refractivity (Wildman–Crippen MR) is 73.9 cm³/mol. The van der Waals surface area contributed by atoms with Crippen molar-refractivity contribution in [3.63, 3.8) is 0 Å².